The molecule has 0 saturated heterocycles. The Labute approximate surface area is 209 Å². The molecule has 0 aliphatic rings. The number of nitrogens with zero attached hydrogens (tertiary/aromatic N) is 3. The minimum atomic E-state index is -1.32. The van der Waals surface area contributed by atoms with Crippen LogP contribution in [0.2, 0.25) is 5.02 Å². The summed E-state index contributed by atoms with van der Waals surface area (Å²) in [6.45, 7) is 3.58. The van der Waals surface area contributed by atoms with Crippen LogP contribution in [0.5, 0.6) is 11.5 Å². The van der Waals surface area contributed by atoms with Crippen molar-refractivity contribution in [1.29, 1.82) is 5.26 Å². The molecule has 2 heterocycles. The van der Waals surface area contributed by atoms with Crippen molar-refractivity contribution >= 4 is 28.5 Å². The molecular formula is C26H20ClF2N3O4. The van der Waals surface area contributed by atoms with E-state index in [-0.39, 0.29) is 39.5 Å². The smallest absolute Gasteiger partial charge is 0.356 e. The quantitative estimate of drug-likeness (QED) is 0.318. The van der Waals surface area contributed by atoms with Gasteiger partial charge in [-0.1, -0.05) is 25.4 Å². The average Bonchev–Trinajstić information content (AvgIpc) is 3.15. The highest BCUT2D eigenvalue weighted by atomic mass is 35.5. The molecular weight excluding hydrogens is 492 g/mol. The second-order valence-corrected chi connectivity index (χ2v) is 9.18. The molecule has 0 atom stereocenters. The molecule has 4 rings (SSSR count). The van der Waals surface area contributed by atoms with Gasteiger partial charge >= 0.3 is 5.97 Å². The molecule has 36 heavy (non-hydrogen) atoms. The Morgan fingerprint density at radius 1 is 1.25 bits per heavy atom. The summed E-state index contributed by atoms with van der Waals surface area (Å²) in [6, 6.07) is 9.77. The molecule has 2 aromatic carbocycles. The van der Waals surface area contributed by atoms with Crippen LogP contribution < -0.4 is 4.74 Å². The summed E-state index contributed by atoms with van der Waals surface area (Å²) >= 11 is 6.22. The Hall–Kier alpha value is -4.16. The van der Waals surface area contributed by atoms with Gasteiger partial charge in [-0.2, -0.15) is 5.26 Å². The number of carboxylic acid groups (broad SMARTS) is 1. The van der Waals surface area contributed by atoms with Gasteiger partial charge in [0, 0.05) is 52.7 Å². The SMILES string of the molecule is COc1cc(-n2c(C(C)(C)CC#N)c(-c3cnc(C(=O)O)c(Cl)c3)c3c(O)cc(F)cc32)ccc1F. The van der Waals surface area contributed by atoms with Gasteiger partial charge in [0.05, 0.1) is 29.1 Å². The van der Waals surface area contributed by atoms with E-state index in [0.29, 0.717) is 22.5 Å². The lowest BCUT2D eigenvalue weighted by atomic mass is 9.82. The molecule has 0 aliphatic carbocycles. The Bertz CT molecular complexity index is 1570. The van der Waals surface area contributed by atoms with E-state index in [2.05, 4.69) is 11.1 Å². The Morgan fingerprint density at radius 3 is 2.58 bits per heavy atom. The van der Waals surface area contributed by atoms with E-state index in [0.717, 1.165) is 6.07 Å². The highest BCUT2D eigenvalue weighted by molar-refractivity contribution is 6.33. The maximum absolute atomic E-state index is 14.6. The van der Waals surface area contributed by atoms with E-state index in [4.69, 9.17) is 16.3 Å². The lowest BCUT2D eigenvalue weighted by Crippen LogP contribution is -2.22. The maximum atomic E-state index is 14.6. The Kier molecular flexibility index (Phi) is 6.33. The van der Waals surface area contributed by atoms with Gasteiger partial charge in [0.1, 0.15) is 11.6 Å². The number of benzene rings is 2. The normalized spacial score (nSPS) is 11.5. The molecule has 0 unspecified atom stereocenters. The number of methoxy groups -OCH3 is 1. The first-order chi connectivity index (χ1) is 17.0. The number of ether oxygens (including phenoxy) is 1. The number of phenolic OH excluding ortho intramolecular Hbond substituents is 1. The first-order valence-electron chi connectivity index (χ1n) is 10.7. The van der Waals surface area contributed by atoms with Crippen molar-refractivity contribution in [2.75, 3.05) is 7.11 Å². The third kappa shape index (κ3) is 4.10. The highest BCUT2D eigenvalue weighted by Crippen LogP contribution is 2.47. The standard InChI is InChI=1S/C26H20ClF2N3O4/c1-26(2,6-7-30)24-21(13-8-16(27)23(25(34)35)31-12-13)22-18(9-14(28)10-19(22)33)32(24)15-4-5-17(29)20(11-15)36-3/h4-5,8-12,33H,6H2,1-3H3,(H,34,35). The van der Waals surface area contributed by atoms with Crippen molar-refractivity contribution in [3.8, 4) is 34.4 Å². The van der Waals surface area contributed by atoms with E-state index < -0.39 is 23.0 Å². The average molecular weight is 512 g/mol. The van der Waals surface area contributed by atoms with Crippen molar-refractivity contribution in [3.05, 3.63) is 70.6 Å². The monoisotopic (exact) mass is 511 g/mol. The zero-order valence-corrected chi connectivity index (χ0v) is 20.2. The number of carboxylic acids is 1. The van der Waals surface area contributed by atoms with Gasteiger partial charge in [-0.05, 0) is 24.3 Å². The van der Waals surface area contributed by atoms with Gasteiger partial charge in [0.15, 0.2) is 17.3 Å². The number of aromatic hydroxyl groups is 1. The number of aromatic nitrogens is 2. The van der Waals surface area contributed by atoms with E-state index in [1.54, 1.807) is 18.4 Å². The molecule has 4 aromatic rings. The predicted molar refractivity (Wildman–Crippen MR) is 130 cm³/mol. The van der Waals surface area contributed by atoms with Crippen LogP contribution >= 0.6 is 11.6 Å². The number of halogens is 3. The van der Waals surface area contributed by atoms with Gasteiger partial charge < -0.3 is 19.5 Å². The van der Waals surface area contributed by atoms with Crippen molar-refractivity contribution < 1.29 is 28.5 Å². The van der Waals surface area contributed by atoms with Crippen LogP contribution in [-0.2, 0) is 5.41 Å². The van der Waals surface area contributed by atoms with Gasteiger partial charge in [0.2, 0.25) is 0 Å². The third-order valence-corrected chi connectivity index (χ3v) is 6.19. The van der Waals surface area contributed by atoms with Crippen molar-refractivity contribution in [2.24, 2.45) is 0 Å². The Balaban J connectivity index is 2.23. The summed E-state index contributed by atoms with van der Waals surface area (Å²) in [4.78, 5) is 15.4. The number of rotatable bonds is 6. The molecule has 184 valence electrons. The third-order valence-electron chi connectivity index (χ3n) is 5.90. The molecule has 0 amide bonds. The number of carbonyl (C=O) groups is 1. The summed E-state index contributed by atoms with van der Waals surface area (Å²) in [7, 11) is 1.31. The summed E-state index contributed by atoms with van der Waals surface area (Å²) in [5, 5.41) is 29.9. The molecule has 10 heteroatoms. The van der Waals surface area contributed by atoms with Crippen molar-refractivity contribution in [3.63, 3.8) is 0 Å². The first kappa shape index (κ1) is 24.9. The van der Waals surface area contributed by atoms with Crippen molar-refractivity contribution in [1.82, 2.24) is 9.55 Å². The zero-order chi connectivity index (χ0) is 26.4. The molecule has 0 fully saturated rings. The summed E-state index contributed by atoms with van der Waals surface area (Å²) in [6.07, 6.45) is 1.31. The van der Waals surface area contributed by atoms with Gasteiger partial charge in [-0.15, -0.1) is 0 Å². The summed E-state index contributed by atoms with van der Waals surface area (Å²) in [5.41, 5.74) is 0.538. The van der Waals surface area contributed by atoms with Crippen LogP contribution in [0.3, 0.4) is 0 Å². The van der Waals surface area contributed by atoms with Crippen LogP contribution in [0, 0.1) is 23.0 Å². The highest BCUT2D eigenvalue weighted by Gasteiger charge is 2.34. The van der Waals surface area contributed by atoms with Gasteiger partial charge in [-0.3, -0.25) is 0 Å². The van der Waals surface area contributed by atoms with E-state index in [1.807, 2.05) is 0 Å². The fourth-order valence-electron chi connectivity index (χ4n) is 4.35. The van der Waals surface area contributed by atoms with Crippen molar-refractivity contribution in [2.45, 2.75) is 25.7 Å². The molecule has 0 radical (unpaired) electrons. The molecule has 0 bridgehead atoms. The van der Waals surface area contributed by atoms with E-state index in [1.165, 1.54) is 43.6 Å². The number of phenols is 1. The number of fused-ring (bicyclic) bond motifs is 1. The molecule has 2 N–H and O–H groups in total. The lowest BCUT2D eigenvalue weighted by molar-refractivity contribution is 0.0690. The summed E-state index contributed by atoms with van der Waals surface area (Å²) < 4.78 is 35.6. The van der Waals surface area contributed by atoms with Gasteiger partial charge in [-0.25, -0.2) is 18.6 Å². The van der Waals surface area contributed by atoms with Gasteiger partial charge in [0.25, 0.3) is 0 Å². The zero-order valence-electron chi connectivity index (χ0n) is 19.4. The predicted octanol–water partition coefficient (Wildman–Crippen LogP) is 6.23. The largest absolute Gasteiger partial charge is 0.507 e. The molecule has 7 nitrogen and oxygen atoms in total. The number of hydrogen-bond acceptors (Lipinski definition) is 5. The van der Waals surface area contributed by atoms with Crippen LogP contribution in [0.15, 0.2) is 42.6 Å². The van der Waals surface area contributed by atoms with E-state index >= 15 is 0 Å². The second-order valence-electron chi connectivity index (χ2n) is 8.78. The lowest BCUT2D eigenvalue weighted by Gasteiger charge is -2.27. The molecule has 2 aromatic heterocycles. The van der Waals surface area contributed by atoms with Crippen LogP contribution in [0.1, 0.15) is 36.5 Å². The minimum absolute atomic E-state index is 0.0201. The van der Waals surface area contributed by atoms with E-state index in [9.17, 15) is 29.1 Å². The number of aromatic carboxylic acids is 1. The van der Waals surface area contributed by atoms with Crippen LogP contribution in [0.25, 0.3) is 27.7 Å². The number of nitriles is 1. The fourth-order valence-corrected chi connectivity index (χ4v) is 4.60. The van der Waals surface area contributed by atoms with Crippen LogP contribution in [0.4, 0.5) is 8.78 Å². The first-order valence-corrected chi connectivity index (χ1v) is 11.1. The fraction of sp³-hybridized carbons (Fsp3) is 0.192. The number of pyridine rings is 1. The molecule has 0 saturated carbocycles. The topological polar surface area (TPSA) is 108 Å². The second kappa shape index (κ2) is 9.13. The Morgan fingerprint density at radius 2 is 1.97 bits per heavy atom. The molecule has 0 aliphatic heterocycles. The maximum Gasteiger partial charge on any atom is 0.356 e. The molecule has 0 spiro atoms. The van der Waals surface area contributed by atoms with Crippen LogP contribution in [-0.4, -0.2) is 32.8 Å². The summed E-state index contributed by atoms with van der Waals surface area (Å²) in [5.74, 6) is -3.09. The number of hydrogen-bond donors (Lipinski definition) is 2. The minimum Gasteiger partial charge on any atom is -0.507 e.